The summed E-state index contributed by atoms with van der Waals surface area (Å²) < 4.78 is 46.1. The van der Waals surface area contributed by atoms with Crippen molar-refractivity contribution in [2.24, 2.45) is 0 Å². The van der Waals surface area contributed by atoms with Crippen molar-refractivity contribution in [3.8, 4) is 11.8 Å². The molecule has 1 aromatic heterocycles. The number of benzene rings is 1. The lowest BCUT2D eigenvalue weighted by molar-refractivity contribution is -0.0498. The normalized spacial score (nSPS) is 10.6. The van der Waals surface area contributed by atoms with Crippen molar-refractivity contribution in [3.05, 3.63) is 41.8 Å². The number of alkyl halides is 2. The largest absolute Gasteiger partial charge is 0.459 e. The lowest BCUT2D eigenvalue weighted by atomic mass is 10.2. The summed E-state index contributed by atoms with van der Waals surface area (Å²) in [6.45, 7) is -2.78. The molecule has 2 N–H and O–H groups in total. The van der Waals surface area contributed by atoms with E-state index in [1.165, 1.54) is 12.1 Å². The second-order valence-corrected chi connectivity index (χ2v) is 3.70. The van der Waals surface area contributed by atoms with Gasteiger partial charge in [-0.1, -0.05) is 12.1 Å². The number of hydrogen-bond acceptors (Lipinski definition) is 5. The third kappa shape index (κ3) is 3.74. The van der Waals surface area contributed by atoms with Crippen molar-refractivity contribution in [2.45, 2.75) is 13.2 Å². The fourth-order valence-electron chi connectivity index (χ4n) is 1.35. The van der Waals surface area contributed by atoms with Crippen LogP contribution in [0.3, 0.4) is 0 Å². The Kier molecular flexibility index (Phi) is 4.24. The Balaban J connectivity index is 1.95. The molecule has 2 aromatic rings. The molecule has 0 aliphatic rings. The van der Waals surface area contributed by atoms with Gasteiger partial charge in [-0.15, -0.1) is 0 Å². The van der Waals surface area contributed by atoms with Crippen molar-refractivity contribution in [3.63, 3.8) is 0 Å². The van der Waals surface area contributed by atoms with Gasteiger partial charge in [0, 0.05) is 0 Å². The van der Waals surface area contributed by atoms with Crippen LogP contribution in [0, 0.1) is 5.82 Å². The first-order valence-electron chi connectivity index (χ1n) is 5.49. The van der Waals surface area contributed by atoms with E-state index in [2.05, 4.69) is 14.7 Å². The van der Waals surface area contributed by atoms with Crippen LogP contribution >= 0.6 is 0 Å². The first kappa shape index (κ1) is 13.9. The number of hydrogen-bond donors (Lipinski definition) is 1. The van der Waals surface area contributed by atoms with E-state index in [4.69, 9.17) is 10.5 Å². The molecule has 0 unspecified atom stereocenters. The summed E-state index contributed by atoms with van der Waals surface area (Å²) in [4.78, 5) is 7.19. The highest BCUT2D eigenvalue weighted by Crippen LogP contribution is 2.16. The van der Waals surface area contributed by atoms with Crippen LogP contribution in [0.5, 0.6) is 11.8 Å². The zero-order chi connectivity index (χ0) is 14.5. The predicted molar refractivity (Wildman–Crippen MR) is 63.8 cm³/mol. The molecule has 0 spiro atoms. The number of nitrogens with two attached hydrogens (primary N) is 1. The van der Waals surface area contributed by atoms with Crippen LogP contribution < -0.4 is 15.2 Å². The SMILES string of the molecule is Nc1nc(OCc2ccc(OC(F)F)cc2)ncc1F. The number of nitrogens with zero attached hydrogens (tertiary/aromatic N) is 2. The van der Waals surface area contributed by atoms with Crippen molar-refractivity contribution < 1.29 is 22.6 Å². The smallest absolute Gasteiger partial charge is 0.387 e. The van der Waals surface area contributed by atoms with E-state index in [0.29, 0.717) is 5.56 Å². The second kappa shape index (κ2) is 6.09. The van der Waals surface area contributed by atoms with Crippen molar-refractivity contribution in [2.75, 3.05) is 5.73 Å². The van der Waals surface area contributed by atoms with E-state index in [1.807, 2.05) is 0 Å². The molecule has 8 heteroatoms. The van der Waals surface area contributed by atoms with Crippen LogP contribution in [-0.2, 0) is 6.61 Å². The van der Waals surface area contributed by atoms with Crippen molar-refractivity contribution in [1.29, 1.82) is 0 Å². The number of halogens is 3. The van der Waals surface area contributed by atoms with Crippen LogP contribution in [0.25, 0.3) is 0 Å². The molecule has 0 saturated carbocycles. The summed E-state index contributed by atoms with van der Waals surface area (Å²) in [6.07, 6.45) is 0.900. The molecule has 0 radical (unpaired) electrons. The van der Waals surface area contributed by atoms with Crippen LogP contribution in [-0.4, -0.2) is 16.6 Å². The van der Waals surface area contributed by atoms with E-state index < -0.39 is 12.4 Å². The molecule has 1 heterocycles. The fraction of sp³-hybridized carbons (Fsp3) is 0.167. The molecule has 0 bridgehead atoms. The Bertz CT molecular complexity index is 579. The molecular formula is C12H10F3N3O2. The van der Waals surface area contributed by atoms with E-state index >= 15 is 0 Å². The molecule has 20 heavy (non-hydrogen) atoms. The molecular weight excluding hydrogens is 275 g/mol. The average Bonchev–Trinajstić information content (AvgIpc) is 2.41. The van der Waals surface area contributed by atoms with Crippen molar-refractivity contribution in [1.82, 2.24) is 9.97 Å². The van der Waals surface area contributed by atoms with E-state index in [9.17, 15) is 13.2 Å². The van der Waals surface area contributed by atoms with Crippen molar-refractivity contribution >= 4 is 5.82 Å². The topological polar surface area (TPSA) is 70.3 Å². The maximum atomic E-state index is 12.8. The number of aromatic nitrogens is 2. The Morgan fingerprint density at radius 1 is 1.20 bits per heavy atom. The summed E-state index contributed by atoms with van der Waals surface area (Å²) in [5.41, 5.74) is 5.94. The van der Waals surface area contributed by atoms with Crippen LogP contribution in [0.1, 0.15) is 5.56 Å². The summed E-state index contributed by atoms with van der Waals surface area (Å²) in [7, 11) is 0. The van der Waals surface area contributed by atoms with E-state index in [1.54, 1.807) is 12.1 Å². The van der Waals surface area contributed by atoms with Crippen LogP contribution in [0.15, 0.2) is 30.5 Å². The molecule has 5 nitrogen and oxygen atoms in total. The number of rotatable bonds is 5. The quantitative estimate of drug-likeness (QED) is 0.913. The summed E-state index contributed by atoms with van der Waals surface area (Å²) in [5, 5.41) is 0. The van der Waals surface area contributed by atoms with E-state index in [0.717, 1.165) is 6.20 Å². The van der Waals surface area contributed by atoms with Gasteiger partial charge < -0.3 is 15.2 Å². The molecule has 0 aliphatic carbocycles. The van der Waals surface area contributed by atoms with Crippen LogP contribution in [0.2, 0.25) is 0 Å². The Labute approximate surface area is 112 Å². The first-order chi connectivity index (χ1) is 9.54. The third-order valence-electron chi connectivity index (χ3n) is 2.27. The van der Waals surface area contributed by atoms with Gasteiger partial charge >= 0.3 is 12.6 Å². The lowest BCUT2D eigenvalue weighted by Gasteiger charge is -2.07. The first-order valence-corrected chi connectivity index (χ1v) is 5.49. The Morgan fingerprint density at radius 2 is 1.90 bits per heavy atom. The van der Waals surface area contributed by atoms with Gasteiger partial charge in [0.15, 0.2) is 11.6 Å². The predicted octanol–water partition coefficient (Wildman–Crippen LogP) is 2.38. The summed E-state index contributed by atoms with van der Waals surface area (Å²) in [5.74, 6) is -0.993. The molecule has 0 amide bonds. The number of ether oxygens (including phenoxy) is 2. The van der Waals surface area contributed by atoms with Gasteiger partial charge in [0.1, 0.15) is 12.4 Å². The molecule has 106 valence electrons. The highest BCUT2D eigenvalue weighted by molar-refractivity contribution is 5.29. The molecule has 0 saturated heterocycles. The van der Waals surface area contributed by atoms with Gasteiger partial charge in [-0.2, -0.15) is 13.8 Å². The van der Waals surface area contributed by atoms with Gasteiger partial charge in [0.25, 0.3) is 0 Å². The van der Waals surface area contributed by atoms with Gasteiger partial charge in [0.05, 0.1) is 6.20 Å². The maximum absolute atomic E-state index is 12.8. The zero-order valence-corrected chi connectivity index (χ0v) is 10.1. The van der Waals surface area contributed by atoms with Crippen LogP contribution in [0.4, 0.5) is 19.0 Å². The fourth-order valence-corrected chi connectivity index (χ4v) is 1.35. The van der Waals surface area contributed by atoms with Gasteiger partial charge in [0.2, 0.25) is 0 Å². The Hall–Kier alpha value is -2.51. The number of anilines is 1. The molecule has 0 atom stereocenters. The highest BCUT2D eigenvalue weighted by Gasteiger charge is 2.06. The summed E-state index contributed by atoms with van der Waals surface area (Å²) >= 11 is 0. The second-order valence-electron chi connectivity index (χ2n) is 3.70. The molecule has 0 aliphatic heterocycles. The minimum Gasteiger partial charge on any atom is -0.459 e. The van der Waals surface area contributed by atoms with Gasteiger partial charge in [-0.05, 0) is 17.7 Å². The minimum atomic E-state index is -2.87. The average molecular weight is 285 g/mol. The Morgan fingerprint density at radius 3 is 2.50 bits per heavy atom. The standard InChI is InChI=1S/C12H10F3N3O2/c13-9-5-17-12(18-10(9)16)19-6-7-1-3-8(4-2-7)20-11(14)15/h1-5,11H,6H2,(H2,16,17,18). The van der Waals surface area contributed by atoms with E-state index in [-0.39, 0.29) is 24.2 Å². The van der Waals surface area contributed by atoms with Gasteiger partial charge in [-0.25, -0.2) is 9.37 Å². The maximum Gasteiger partial charge on any atom is 0.387 e. The monoisotopic (exact) mass is 285 g/mol. The molecule has 1 aromatic carbocycles. The third-order valence-corrected chi connectivity index (χ3v) is 2.27. The highest BCUT2D eigenvalue weighted by atomic mass is 19.3. The lowest BCUT2D eigenvalue weighted by Crippen LogP contribution is -2.04. The number of nitrogen functional groups attached to an aromatic ring is 1. The minimum absolute atomic E-state index is 0.0472. The molecule has 0 fully saturated rings. The zero-order valence-electron chi connectivity index (χ0n) is 10.1. The van der Waals surface area contributed by atoms with Gasteiger partial charge in [-0.3, -0.25) is 0 Å². The summed E-state index contributed by atoms with van der Waals surface area (Å²) in [6, 6.07) is 5.78. The molecule has 2 rings (SSSR count).